The largest absolute Gasteiger partial charge is 0.497 e. The summed E-state index contributed by atoms with van der Waals surface area (Å²) >= 11 is 0. The van der Waals surface area contributed by atoms with Crippen LogP contribution in [0.15, 0.2) is 18.2 Å². The molecule has 1 heterocycles. The molecule has 1 amide bonds. The van der Waals surface area contributed by atoms with Crippen LogP contribution in [0.3, 0.4) is 0 Å². The third-order valence-electron chi connectivity index (χ3n) is 4.26. The van der Waals surface area contributed by atoms with E-state index in [-0.39, 0.29) is 5.91 Å². The van der Waals surface area contributed by atoms with Crippen molar-refractivity contribution in [3.8, 4) is 5.75 Å². The van der Waals surface area contributed by atoms with E-state index in [1.165, 1.54) is 0 Å². The molecule has 1 aliphatic rings. The second-order valence-corrected chi connectivity index (χ2v) is 6.11. The number of rotatable bonds is 7. The first kappa shape index (κ1) is 18.5. The van der Waals surface area contributed by atoms with Gasteiger partial charge in [-0.25, -0.2) is 0 Å². The molecule has 2 rings (SSSR count). The second kappa shape index (κ2) is 9.45. The molecule has 24 heavy (non-hydrogen) atoms. The van der Waals surface area contributed by atoms with Crippen LogP contribution in [0.1, 0.15) is 23.1 Å². The van der Waals surface area contributed by atoms with Gasteiger partial charge in [0.1, 0.15) is 5.75 Å². The molecule has 1 aromatic rings. The maximum Gasteiger partial charge on any atom is 0.244 e. The molecule has 0 spiro atoms. The lowest BCUT2D eigenvalue weighted by atomic mass is 10.0. The predicted molar refractivity (Wildman–Crippen MR) is 96.4 cm³/mol. The van der Waals surface area contributed by atoms with Gasteiger partial charge in [0.25, 0.3) is 0 Å². The summed E-state index contributed by atoms with van der Waals surface area (Å²) in [5, 5.41) is 2.95. The highest BCUT2D eigenvalue weighted by molar-refractivity contribution is 5.92. The van der Waals surface area contributed by atoms with Gasteiger partial charge in [-0.2, -0.15) is 0 Å². The molecule has 132 valence electrons. The lowest BCUT2D eigenvalue weighted by Crippen LogP contribution is -2.38. The van der Waals surface area contributed by atoms with Gasteiger partial charge in [0.15, 0.2) is 0 Å². The zero-order chi connectivity index (χ0) is 17.4. The summed E-state index contributed by atoms with van der Waals surface area (Å²) in [6, 6.07) is 3.96. The standard InChI is InChI=1S/C19H28N2O3/c1-15-13-17(23-3)14-16(2)18(15)5-6-19(22)20-7-4-8-21-9-11-24-12-10-21/h5-6,13-14H,4,7-12H2,1-3H3,(H,20,22)/b6-5+. The van der Waals surface area contributed by atoms with Crippen LogP contribution in [0, 0.1) is 13.8 Å². The molecule has 1 aromatic carbocycles. The summed E-state index contributed by atoms with van der Waals surface area (Å²) in [7, 11) is 1.66. The zero-order valence-corrected chi connectivity index (χ0v) is 14.9. The van der Waals surface area contributed by atoms with E-state index in [2.05, 4.69) is 10.2 Å². The first-order valence-electron chi connectivity index (χ1n) is 8.51. The quantitative estimate of drug-likeness (QED) is 0.614. The Labute approximate surface area is 144 Å². The van der Waals surface area contributed by atoms with E-state index >= 15 is 0 Å². The first-order valence-corrected chi connectivity index (χ1v) is 8.51. The fourth-order valence-electron chi connectivity index (χ4n) is 2.87. The molecule has 0 unspecified atom stereocenters. The number of benzene rings is 1. The number of nitrogens with zero attached hydrogens (tertiary/aromatic N) is 1. The van der Waals surface area contributed by atoms with E-state index in [1.807, 2.05) is 32.1 Å². The second-order valence-electron chi connectivity index (χ2n) is 6.11. The maximum atomic E-state index is 12.0. The Bertz CT molecular complexity index is 555. The van der Waals surface area contributed by atoms with E-state index in [1.54, 1.807) is 13.2 Å². The molecule has 0 atom stereocenters. The lowest BCUT2D eigenvalue weighted by Gasteiger charge is -2.26. The molecule has 1 N–H and O–H groups in total. The third kappa shape index (κ3) is 5.65. The lowest BCUT2D eigenvalue weighted by molar-refractivity contribution is -0.116. The van der Waals surface area contributed by atoms with Crippen molar-refractivity contribution in [2.24, 2.45) is 0 Å². The Balaban J connectivity index is 1.76. The average molecular weight is 332 g/mol. The molecule has 0 radical (unpaired) electrons. The molecule has 1 fully saturated rings. The Morgan fingerprint density at radius 1 is 1.29 bits per heavy atom. The number of methoxy groups -OCH3 is 1. The van der Waals surface area contributed by atoms with Gasteiger partial charge in [-0.15, -0.1) is 0 Å². The Morgan fingerprint density at radius 2 is 1.96 bits per heavy atom. The number of ether oxygens (including phenoxy) is 2. The van der Waals surface area contributed by atoms with Gasteiger partial charge < -0.3 is 14.8 Å². The normalized spacial score (nSPS) is 15.6. The van der Waals surface area contributed by atoms with Gasteiger partial charge >= 0.3 is 0 Å². The fourth-order valence-corrected chi connectivity index (χ4v) is 2.87. The summed E-state index contributed by atoms with van der Waals surface area (Å²) in [4.78, 5) is 14.3. The molecular formula is C19H28N2O3. The SMILES string of the molecule is COc1cc(C)c(/C=C/C(=O)NCCCN2CCOCC2)c(C)c1. The van der Waals surface area contributed by atoms with Crippen molar-refractivity contribution in [2.45, 2.75) is 20.3 Å². The zero-order valence-electron chi connectivity index (χ0n) is 14.9. The minimum atomic E-state index is -0.0494. The molecule has 1 saturated heterocycles. The fraction of sp³-hybridized carbons (Fsp3) is 0.526. The van der Waals surface area contributed by atoms with E-state index in [0.29, 0.717) is 6.54 Å². The van der Waals surface area contributed by atoms with Crippen molar-refractivity contribution in [3.05, 3.63) is 34.9 Å². The van der Waals surface area contributed by atoms with Crippen LogP contribution in [0.4, 0.5) is 0 Å². The Hall–Kier alpha value is -1.85. The molecule has 5 heteroatoms. The van der Waals surface area contributed by atoms with Gasteiger partial charge in [-0.3, -0.25) is 9.69 Å². The predicted octanol–water partition coefficient (Wildman–Crippen LogP) is 2.16. The highest BCUT2D eigenvalue weighted by Gasteiger charge is 2.09. The summed E-state index contributed by atoms with van der Waals surface area (Å²) in [6.45, 7) is 9.36. The van der Waals surface area contributed by atoms with Gasteiger partial charge in [-0.05, 0) is 61.7 Å². The van der Waals surface area contributed by atoms with Gasteiger partial charge in [0.2, 0.25) is 5.91 Å². The van der Waals surface area contributed by atoms with Crippen molar-refractivity contribution >= 4 is 12.0 Å². The van der Waals surface area contributed by atoms with Crippen LogP contribution in [-0.2, 0) is 9.53 Å². The van der Waals surface area contributed by atoms with Crippen molar-refractivity contribution in [2.75, 3.05) is 46.5 Å². The third-order valence-corrected chi connectivity index (χ3v) is 4.26. The minimum Gasteiger partial charge on any atom is -0.497 e. The number of aryl methyl sites for hydroxylation is 2. The monoisotopic (exact) mass is 332 g/mol. The number of carbonyl (C=O) groups is 1. The average Bonchev–Trinajstić information content (AvgIpc) is 2.58. The summed E-state index contributed by atoms with van der Waals surface area (Å²) in [5.41, 5.74) is 3.27. The Morgan fingerprint density at radius 3 is 2.58 bits per heavy atom. The van der Waals surface area contributed by atoms with Crippen molar-refractivity contribution in [1.29, 1.82) is 0 Å². The van der Waals surface area contributed by atoms with Crippen LogP contribution in [0.5, 0.6) is 5.75 Å². The summed E-state index contributed by atoms with van der Waals surface area (Å²) in [5.74, 6) is 0.793. The van der Waals surface area contributed by atoms with Crippen molar-refractivity contribution < 1.29 is 14.3 Å². The number of nitrogens with one attached hydrogen (secondary N) is 1. The Kier molecular flexibility index (Phi) is 7.28. The number of carbonyl (C=O) groups excluding carboxylic acids is 1. The minimum absolute atomic E-state index is 0.0494. The van der Waals surface area contributed by atoms with Crippen molar-refractivity contribution in [3.63, 3.8) is 0 Å². The van der Waals surface area contributed by atoms with Crippen LogP contribution in [0.2, 0.25) is 0 Å². The number of morpholine rings is 1. The van der Waals surface area contributed by atoms with Gasteiger partial charge in [-0.1, -0.05) is 0 Å². The molecule has 1 aliphatic heterocycles. The van der Waals surface area contributed by atoms with Crippen LogP contribution >= 0.6 is 0 Å². The number of hydrogen-bond acceptors (Lipinski definition) is 4. The van der Waals surface area contributed by atoms with Crippen LogP contribution in [-0.4, -0.2) is 57.3 Å². The highest BCUT2D eigenvalue weighted by Crippen LogP contribution is 2.22. The molecule has 0 saturated carbocycles. The van der Waals surface area contributed by atoms with E-state index in [9.17, 15) is 4.79 Å². The molecule has 0 bridgehead atoms. The molecule has 0 aliphatic carbocycles. The van der Waals surface area contributed by atoms with E-state index < -0.39 is 0 Å². The molecular weight excluding hydrogens is 304 g/mol. The van der Waals surface area contributed by atoms with Crippen LogP contribution in [0.25, 0.3) is 6.08 Å². The number of hydrogen-bond donors (Lipinski definition) is 1. The van der Waals surface area contributed by atoms with Gasteiger partial charge in [0.05, 0.1) is 20.3 Å². The summed E-state index contributed by atoms with van der Waals surface area (Å²) in [6.07, 6.45) is 4.44. The van der Waals surface area contributed by atoms with E-state index in [0.717, 1.165) is 61.7 Å². The smallest absolute Gasteiger partial charge is 0.244 e. The first-order chi connectivity index (χ1) is 11.6. The van der Waals surface area contributed by atoms with E-state index in [4.69, 9.17) is 9.47 Å². The number of amides is 1. The van der Waals surface area contributed by atoms with Crippen LogP contribution < -0.4 is 10.1 Å². The maximum absolute atomic E-state index is 12.0. The summed E-state index contributed by atoms with van der Waals surface area (Å²) < 4.78 is 10.6. The molecule has 5 nitrogen and oxygen atoms in total. The van der Waals surface area contributed by atoms with Gasteiger partial charge in [0, 0.05) is 25.7 Å². The van der Waals surface area contributed by atoms with Crippen molar-refractivity contribution in [1.82, 2.24) is 10.2 Å². The topological polar surface area (TPSA) is 50.8 Å². The molecule has 0 aromatic heterocycles. The highest BCUT2D eigenvalue weighted by atomic mass is 16.5.